The van der Waals surface area contributed by atoms with Crippen LogP contribution in [0.25, 0.3) is 0 Å². The van der Waals surface area contributed by atoms with Crippen molar-refractivity contribution < 1.29 is 19.1 Å². The van der Waals surface area contributed by atoms with Crippen LogP contribution in [0.1, 0.15) is 36.1 Å². The number of nitrogens with one attached hydrogen (secondary N) is 2. The van der Waals surface area contributed by atoms with E-state index in [1.54, 1.807) is 50.2 Å². The molecule has 2 amide bonds. The Labute approximate surface area is 221 Å². The first-order chi connectivity index (χ1) is 17.1. The van der Waals surface area contributed by atoms with E-state index >= 15 is 0 Å². The number of carbonyl (C=O) groups is 2. The molecule has 2 N–H and O–H groups in total. The molecule has 0 bridgehead atoms. The van der Waals surface area contributed by atoms with Crippen LogP contribution < -0.4 is 20.1 Å². The van der Waals surface area contributed by atoms with Crippen LogP contribution in [0.4, 0.5) is 0 Å². The molecule has 0 heterocycles. The number of amides is 2. The zero-order chi connectivity index (χ0) is 26.2. The van der Waals surface area contributed by atoms with Gasteiger partial charge in [0, 0.05) is 23.1 Å². The molecule has 0 saturated carbocycles. The van der Waals surface area contributed by atoms with E-state index in [4.69, 9.17) is 32.7 Å². The average molecular weight is 529 g/mol. The van der Waals surface area contributed by atoms with E-state index in [9.17, 15) is 9.59 Å². The van der Waals surface area contributed by atoms with Gasteiger partial charge in [-0.2, -0.15) is 0 Å². The van der Waals surface area contributed by atoms with Gasteiger partial charge in [0.2, 0.25) is 0 Å². The Balaban J connectivity index is 1.48. The SMILES string of the molecule is Cc1cc(Cl)ccc1OC(C)C(=O)NCc1cccc(CNC(=O)C(C)Oc2ccc(Cl)cc2C)c1. The molecule has 190 valence electrons. The third kappa shape index (κ3) is 7.90. The molecule has 8 heteroatoms. The lowest BCUT2D eigenvalue weighted by atomic mass is 10.1. The largest absolute Gasteiger partial charge is 0.481 e. The maximum Gasteiger partial charge on any atom is 0.261 e. The molecule has 3 aromatic carbocycles. The van der Waals surface area contributed by atoms with Crippen molar-refractivity contribution >= 4 is 35.0 Å². The third-order valence-electron chi connectivity index (χ3n) is 5.54. The smallest absolute Gasteiger partial charge is 0.261 e. The minimum absolute atomic E-state index is 0.230. The van der Waals surface area contributed by atoms with Crippen molar-refractivity contribution in [3.8, 4) is 11.5 Å². The highest BCUT2D eigenvalue weighted by atomic mass is 35.5. The highest BCUT2D eigenvalue weighted by Gasteiger charge is 2.17. The van der Waals surface area contributed by atoms with Crippen LogP contribution in [0.2, 0.25) is 10.0 Å². The predicted octanol–water partition coefficient (Wildman–Crippen LogP) is 5.78. The molecule has 0 radical (unpaired) electrons. The van der Waals surface area contributed by atoms with Crippen molar-refractivity contribution in [3.05, 3.63) is 93.0 Å². The number of halogens is 2. The molecule has 2 unspecified atom stereocenters. The molecular formula is C28H30Cl2N2O4. The Morgan fingerprint density at radius 2 is 1.14 bits per heavy atom. The van der Waals surface area contributed by atoms with Gasteiger partial charge in [-0.25, -0.2) is 0 Å². The highest BCUT2D eigenvalue weighted by Crippen LogP contribution is 2.24. The molecule has 2 atom stereocenters. The monoisotopic (exact) mass is 528 g/mol. The number of aryl methyl sites for hydroxylation is 2. The van der Waals surface area contributed by atoms with Crippen molar-refractivity contribution in [1.29, 1.82) is 0 Å². The van der Waals surface area contributed by atoms with Gasteiger partial charge in [0.1, 0.15) is 11.5 Å². The minimum Gasteiger partial charge on any atom is -0.481 e. The number of ether oxygens (including phenoxy) is 2. The molecule has 0 aromatic heterocycles. The summed E-state index contributed by atoms with van der Waals surface area (Å²) in [5.74, 6) is 0.770. The molecule has 36 heavy (non-hydrogen) atoms. The maximum atomic E-state index is 12.5. The van der Waals surface area contributed by atoms with E-state index in [2.05, 4.69) is 10.6 Å². The standard InChI is InChI=1S/C28H30Cl2N2O4/c1-17-12-23(29)8-10-25(17)35-19(3)27(33)31-15-21-6-5-7-22(14-21)16-32-28(34)20(4)36-26-11-9-24(30)13-18(26)2/h5-14,19-20H,15-16H2,1-4H3,(H,31,33)(H,32,34). The average Bonchev–Trinajstić information content (AvgIpc) is 2.84. The van der Waals surface area contributed by atoms with Crippen molar-refractivity contribution in [2.75, 3.05) is 0 Å². The first-order valence-corrected chi connectivity index (χ1v) is 12.4. The summed E-state index contributed by atoms with van der Waals surface area (Å²) in [5.41, 5.74) is 3.54. The summed E-state index contributed by atoms with van der Waals surface area (Å²) in [6.07, 6.45) is -1.34. The van der Waals surface area contributed by atoms with Gasteiger partial charge in [-0.3, -0.25) is 9.59 Å². The van der Waals surface area contributed by atoms with Gasteiger partial charge < -0.3 is 20.1 Å². The lowest BCUT2D eigenvalue weighted by Gasteiger charge is -2.17. The molecule has 3 aromatic rings. The van der Waals surface area contributed by atoms with Crippen LogP contribution in [-0.4, -0.2) is 24.0 Å². The van der Waals surface area contributed by atoms with Gasteiger partial charge in [-0.15, -0.1) is 0 Å². The number of hydrogen-bond acceptors (Lipinski definition) is 4. The second-order valence-electron chi connectivity index (χ2n) is 8.60. The first-order valence-electron chi connectivity index (χ1n) is 11.6. The van der Waals surface area contributed by atoms with E-state index in [1.807, 2.05) is 38.1 Å². The number of benzene rings is 3. The number of carbonyl (C=O) groups excluding carboxylic acids is 2. The maximum absolute atomic E-state index is 12.5. The van der Waals surface area contributed by atoms with Crippen LogP contribution in [0.15, 0.2) is 60.7 Å². The van der Waals surface area contributed by atoms with E-state index in [-0.39, 0.29) is 11.8 Å². The fraction of sp³-hybridized carbons (Fsp3) is 0.286. The summed E-state index contributed by atoms with van der Waals surface area (Å²) in [6, 6.07) is 18.2. The van der Waals surface area contributed by atoms with Crippen LogP contribution in [0, 0.1) is 13.8 Å². The normalized spacial score (nSPS) is 12.4. The Kier molecular flexibility index (Phi) is 9.62. The van der Waals surface area contributed by atoms with Crippen LogP contribution in [0.3, 0.4) is 0 Å². The highest BCUT2D eigenvalue weighted by molar-refractivity contribution is 6.31. The zero-order valence-corrected chi connectivity index (χ0v) is 22.2. The van der Waals surface area contributed by atoms with Gasteiger partial charge >= 0.3 is 0 Å². The zero-order valence-electron chi connectivity index (χ0n) is 20.7. The Hall–Kier alpha value is -3.22. The summed E-state index contributed by atoms with van der Waals surface area (Å²) in [4.78, 5) is 25.1. The Morgan fingerprint density at radius 3 is 1.53 bits per heavy atom. The molecule has 0 saturated heterocycles. The number of rotatable bonds is 10. The van der Waals surface area contributed by atoms with E-state index in [0.717, 1.165) is 22.3 Å². The summed E-state index contributed by atoms with van der Waals surface area (Å²) in [6.45, 7) is 7.82. The second-order valence-corrected chi connectivity index (χ2v) is 9.47. The van der Waals surface area contributed by atoms with Crippen molar-refractivity contribution in [2.45, 2.75) is 53.0 Å². The van der Waals surface area contributed by atoms with Crippen LogP contribution in [-0.2, 0) is 22.7 Å². The minimum atomic E-state index is -0.668. The first kappa shape index (κ1) is 27.4. The van der Waals surface area contributed by atoms with Crippen LogP contribution in [0.5, 0.6) is 11.5 Å². The molecule has 0 fully saturated rings. The third-order valence-corrected chi connectivity index (χ3v) is 6.01. The fourth-order valence-corrected chi connectivity index (χ4v) is 3.95. The molecule has 0 aliphatic carbocycles. The van der Waals surface area contributed by atoms with Gasteiger partial charge in [-0.05, 0) is 86.3 Å². The topological polar surface area (TPSA) is 76.7 Å². The molecule has 0 aliphatic heterocycles. The molecule has 3 rings (SSSR count). The van der Waals surface area contributed by atoms with Crippen molar-refractivity contribution in [1.82, 2.24) is 10.6 Å². The molecular weight excluding hydrogens is 499 g/mol. The van der Waals surface area contributed by atoms with Gasteiger partial charge in [0.15, 0.2) is 12.2 Å². The quantitative estimate of drug-likeness (QED) is 0.349. The predicted molar refractivity (Wildman–Crippen MR) is 143 cm³/mol. The molecule has 6 nitrogen and oxygen atoms in total. The van der Waals surface area contributed by atoms with Crippen molar-refractivity contribution in [2.24, 2.45) is 0 Å². The van der Waals surface area contributed by atoms with E-state index in [0.29, 0.717) is 34.6 Å². The summed E-state index contributed by atoms with van der Waals surface area (Å²) < 4.78 is 11.6. The van der Waals surface area contributed by atoms with Gasteiger partial charge in [-0.1, -0.05) is 47.5 Å². The summed E-state index contributed by atoms with van der Waals surface area (Å²) in [5, 5.41) is 7.01. The van der Waals surface area contributed by atoms with E-state index < -0.39 is 12.2 Å². The lowest BCUT2D eigenvalue weighted by Crippen LogP contribution is -2.36. The fourth-order valence-electron chi connectivity index (χ4n) is 3.49. The van der Waals surface area contributed by atoms with Gasteiger partial charge in [0.05, 0.1) is 0 Å². The van der Waals surface area contributed by atoms with E-state index in [1.165, 1.54) is 0 Å². The molecule has 0 aliphatic rings. The Morgan fingerprint density at radius 1 is 0.722 bits per heavy atom. The second kappa shape index (κ2) is 12.7. The number of hydrogen-bond donors (Lipinski definition) is 2. The lowest BCUT2D eigenvalue weighted by molar-refractivity contribution is -0.128. The molecule has 0 spiro atoms. The Bertz CT molecular complexity index is 1140. The van der Waals surface area contributed by atoms with Crippen molar-refractivity contribution in [3.63, 3.8) is 0 Å². The summed E-state index contributed by atoms with van der Waals surface area (Å²) in [7, 11) is 0. The van der Waals surface area contributed by atoms with Crippen LogP contribution >= 0.6 is 23.2 Å². The van der Waals surface area contributed by atoms with Gasteiger partial charge in [0.25, 0.3) is 11.8 Å². The summed E-state index contributed by atoms with van der Waals surface area (Å²) >= 11 is 12.0.